The van der Waals surface area contributed by atoms with Gasteiger partial charge in [0.1, 0.15) is 6.10 Å². The van der Waals surface area contributed by atoms with Crippen LogP contribution in [0.15, 0.2) is 24.4 Å². The van der Waals surface area contributed by atoms with Crippen LogP contribution in [0, 0.1) is 0 Å². The first kappa shape index (κ1) is 13.7. The zero-order valence-corrected chi connectivity index (χ0v) is 11.7. The van der Waals surface area contributed by atoms with Crippen molar-refractivity contribution in [3.8, 4) is 11.5 Å². The normalized spacial score (nSPS) is 12.3. The Bertz CT molecular complexity index is 583. The Balaban J connectivity index is 2.49. The first-order valence-corrected chi connectivity index (χ1v) is 6.04. The largest absolute Gasteiger partial charge is 0.493 e. The van der Waals surface area contributed by atoms with Crippen molar-refractivity contribution >= 4 is 11.6 Å². The van der Waals surface area contributed by atoms with E-state index in [0.717, 1.165) is 0 Å². The minimum absolute atomic E-state index is 0.329. The highest BCUT2D eigenvalue weighted by Gasteiger charge is 2.21. The van der Waals surface area contributed by atoms with E-state index in [1.807, 2.05) is 0 Å². The van der Waals surface area contributed by atoms with Gasteiger partial charge < -0.3 is 14.6 Å². The number of aromatic nitrogens is 2. The molecule has 5 nitrogen and oxygen atoms in total. The van der Waals surface area contributed by atoms with Crippen LogP contribution in [-0.4, -0.2) is 29.1 Å². The molecule has 1 heterocycles. The Morgan fingerprint density at radius 1 is 1.26 bits per heavy atom. The second-order valence-electron chi connectivity index (χ2n) is 3.99. The van der Waals surface area contributed by atoms with Crippen LogP contribution in [-0.2, 0) is 7.05 Å². The molecule has 0 amide bonds. The first-order valence-electron chi connectivity index (χ1n) is 5.66. The monoisotopic (exact) mass is 282 g/mol. The molecular weight excluding hydrogens is 268 g/mol. The van der Waals surface area contributed by atoms with E-state index in [1.54, 1.807) is 36.1 Å². The Kier molecular flexibility index (Phi) is 3.97. The lowest BCUT2D eigenvalue weighted by molar-refractivity contribution is 0.209. The summed E-state index contributed by atoms with van der Waals surface area (Å²) in [6, 6.07) is 5.15. The van der Waals surface area contributed by atoms with E-state index in [0.29, 0.717) is 27.8 Å². The number of hydrogen-bond acceptors (Lipinski definition) is 4. The lowest BCUT2D eigenvalue weighted by atomic mass is 10.1. The van der Waals surface area contributed by atoms with Gasteiger partial charge >= 0.3 is 0 Å². The molecule has 6 heteroatoms. The molecule has 0 aliphatic rings. The zero-order chi connectivity index (χ0) is 14.0. The van der Waals surface area contributed by atoms with Gasteiger partial charge in [-0.3, -0.25) is 4.68 Å². The molecule has 1 N–H and O–H groups in total. The summed E-state index contributed by atoms with van der Waals surface area (Å²) in [5.41, 5.74) is 1.19. The molecule has 1 aromatic heterocycles. The Morgan fingerprint density at radius 2 is 2.00 bits per heavy atom. The summed E-state index contributed by atoms with van der Waals surface area (Å²) >= 11 is 6.26. The van der Waals surface area contributed by atoms with E-state index < -0.39 is 6.10 Å². The third-order valence-corrected chi connectivity index (χ3v) is 3.34. The van der Waals surface area contributed by atoms with Crippen molar-refractivity contribution in [1.29, 1.82) is 0 Å². The molecule has 1 aromatic carbocycles. The molecule has 1 atom stereocenters. The van der Waals surface area contributed by atoms with Crippen LogP contribution in [0.3, 0.4) is 0 Å². The van der Waals surface area contributed by atoms with E-state index in [9.17, 15) is 5.11 Å². The molecule has 0 bridgehead atoms. The van der Waals surface area contributed by atoms with Crippen LogP contribution in [0.2, 0.25) is 5.02 Å². The molecule has 1 unspecified atom stereocenters. The van der Waals surface area contributed by atoms with E-state index >= 15 is 0 Å². The fraction of sp³-hybridized carbons (Fsp3) is 0.308. The van der Waals surface area contributed by atoms with Crippen LogP contribution in [0.25, 0.3) is 0 Å². The summed E-state index contributed by atoms with van der Waals surface area (Å²) < 4.78 is 12.0. The van der Waals surface area contributed by atoms with E-state index in [2.05, 4.69) is 5.10 Å². The first-order chi connectivity index (χ1) is 9.10. The highest BCUT2D eigenvalue weighted by Crippen LogP contribution is 2.40. The van der Waals surface area contributed by atoms with Gasteiger partial charge in [-0.1, -0.05) is 17.7 Å². The number of halogens is 1. The molecule has 0 aliphatic heterocycles. The van der Waals surface area contributed by atoms with Gasteiger partial charge in [0.2, 0.25) is 0 Å². The number of benzene rings is 1. The summed E-state index contributed by atoms with van der Waals surface area (Å²) in [5.74, 6) is 0.927. The predicted octanol–water partition coefficient (Wildman–Crippen LogP) is 2.17. The molecule has 19 heavy (non-hydrogen) atoms. The van der Waals surface area contributed by atoms with Gasteiger partial charge in [-0.15, -0.1) is 0 Å². The van der Waals surface area contributed by atoms with Gasteiger partial charge in [0.05, 0.1) is 24.9 Å². The predicted molar refractivity (Wildman–Crippen MR) is 71.8 cm³/mol. The molecule has 0 aliphatic carbocycles. The second-order valence-corrected chi connectivity index (χ2v) is 4.36. The average Bonchev–Trinajstić information content (AvgIpc) is 2.83. The molecule has 0 spiro atoms. The van der Waals surface area contributed by atoms with Crippen LogP contribution in [0.1, 0.15) is 17.4 Å². The fourth-order valence-corrected chi connectivity index (χ4v) is 2.26. The fourth-order valence-electron chi connectivity index (χ4n) is 1.93. The number of methoxy groups -OCH3 is 2. The van der Waals surface area contributed by atoms with E-state index in [1.165, 1.54) is 14.2 Å². The second kappa shape index (κ2) is 5.50. The van der Waals surface area contributed by atoms with Crippen molar-refractivity contribution in [2.75, 3.05) is 14.2 Å². The van der Waals surface area contributed by atoms with Crippen molar-refractivity contribution in [3.63, 3.8) is 0 Å². The summed E-state index contributed by atoms with van der Waals surface area (Å²) in [7, 11) is 4.79. The van der Waals surface area contributed by atoms with Crippen LogP contribution in [0.5, 0.6) is 11.5 Å². The molecule has 2 aromatic rings. The third-order valence-electron chi connectivity index (χ3n) is 2.95. The number of ether oxygens (including phenoxy) is 2. The molecule has 0 fully saturated rings. The van der Waals surface area contributed by atoms with Gasteiger partial charge in [-0.25, -0.2) is 0 Å². The third kappa shape index (κ3) is 2.39. The van der Waals surface area contributed by atoms with Crippen molar-refractivity contribution in [2.45, 2.75) is 6.10 Å². The maximum absolute atomic E-state index is 10.4. The van der Waals surface area contributed by atoms with Crippen LogP contribution < -0.4 is 9.47 Å². The number of rotatable bonds is 4. The van der Waals surface area contributed by atoms with Gasteiger partial charge in [-0.2, -0.15) is 5.10 Å². The zero-order valence-electron chi connectivity index (χ0n) is 10.9. The standard InChI is InChI=1S/C13H15ClN2O3/c1-16-9(6-7-15-16)12(17)8-4-5-10(18-2)13(19-3)11(8)14/h4-7,12,17H,1-3H3. The number of hydrogen-bond donors (Lipinski definition) is 1. The number of aliphatic hydroxyl groups is 1. The molecule has 0 saturated carbocycles. The molecule has 0 radical (unpaired) electrons. The Hall–Kier alpha value is -1.72. The summed E-state index contributed by atoms with van der Waals surface area (Å²) in [6.07, 6.45) is 0.743. The molecule has 102 valence electrons. The Labute approximate surface area is 116 Å². The summed E-state index contributed by atoms with van der Waals surface area (Å²) in [4.78, 5) is 0. The van der Waals surface area contributed by atoms with Crippen LogP contribution >= 0.6 is 11.6 Å². The van der Waals surface area contributed by atoms with Gasteiger partial charge in [0, 0.05) is 18.8 Å². The number of aryl methyl sites for hydroxylation is 1. The summed E-state index contributed by atoms with van der Waals surface area (Å²) in [5, 5.41) is 14.7. The maximum atomic E-state index is 10.4. The van der Waals surface area contributed by atoms with Crippen molar-refractivity contribution in [3.05, 3.63) is 40.7 Å². The van der Waals surface area contributed by atoms with Crippen LogP contribution in [0.4, 0.5) is 0 Å². The topological polar surface area (TPSA) is 56.5 Å². The lowest BCUT2D eigenvalue weighted by Gasteiger charge is -2.17. The molecule has 2 rings (SSSR count). The van der Waals surface area contributed by atoms with E-state index in [-0.39, 0.29) is 0 Å². The average molecular weight is 283 g/mol. The number of nitrogens with zero attached hydrogens (tertiary/aromatic N) is 2. The maximum Gasteiger partial charge on any atom is 0.179 e. The quantitative estimate of drug-likeness (QED) is 0.934. The lowest BCUT2D eigenvalue weighted by Crippen LogP contribution is -2.08. The van der Waals surface area contributed by atoms with Crippen molar-refractivity contribution in [1.82, 2.24) is 9.78 Å². The molecule has 0 saturated heterocycles. The van der Waals surface area contributed by atoms with Gasteiger partial charge in [0.15, 0.2) is 11.5 Å². The van der Waals surface area contributed by atoms with E-state index in [4.69, 9.17) is 21.1 Å². The highest BCUT2D eigenvalue weighted by molar-refractivity contribution is 6.33. The van der Waals surface area contributed by atoms with Crippen molar-refractivity contribution < 1.29 is 14.6 Å². The minimum Gasteiger partial charge on any atom is -0.493 e. The van der Waals surface area contributed by atoms with Gasteiger partial charge in [0.25, 0.3) is 0 Å². The Morgan fingerprint density at radius 3 is 2.53 bits per heavy atom. The minimum atomic E-state index is -0.875. The van der Waals surface area contributed by atoms with Crippen molar-refractivity contribution in [2.24, 2.45) is 7.05 Å². The van der Waals surface area contributed by atoms with Gasteiger partial charge in [-0.05, 0) is 12.1 Å². The SMILES string of the molecule is COc1ccc(C(O)c2ccnn2C)c(Cl)c1OC. The number of aliphatic hydroxyl groups excluding tert-OH is 1. The molecular formula is C13H15ClN2O3. The smallest absolute Gasteiger partial charge is 0.179 e. The summed E-state index contributed by atoms with van der Waals surface area (Å²) in [6.45, 7) is 0. The highest BCUT2D eigenvalue weighted by atomic mass is 35.5.